The average Bonchev–Trinajstić information content (AvgIpc) is 2.26. The Hall–Kier alpha value is -0.130. The molecule has 0 saturated carbocycles. The number of ether oxygens (including phenoxy) is 1. The normalized spacial score (nSPS) is 12.1. The molecule has 0 radical (unpaired) electrons. The summed E-state index contributed by atoms with van der Waals surface area (Å²) in [5.74, 6) is 1.82. The zero-order chi connectivity index (χ0) is 11.5. The fourth-order valence-corrected chi connectivity index (χ4v) is 2.08. The number of carbonyl (C=O) groups is 1. The quantitative estimate of drug-likeness (QED) is 0.282. The van der Waals surface area contributed by atoms with Crippen LogP contribution in [0.3, 0.4) is 0 Å². The van der Waals surface area contributed by atoms with Crippen LogP contribution in [0.5, 0.6) is 0 Å². The standard InChI is InChI=1S/C10H18O3S2/c1-2-10(12)13-5-3-4-6-15-8-9(11)7-14/h2,9,11,14H,1,3-8H2. The molecule has 0 aromatic heterocycles. The summed E-state index contributed by atoms with van der Waals surface area (Å²) in [5.41, 5.74) is 0. The van der Waals surface area contributed by atoms with E-state index in [2.05, 4.69) is 19.2 Å². The average molecular weight is 250 g/mol. The van der Waals surface area contributed by atoms with Crippen molar-refractivity contribution in [3.8, 4) is 0 Å². The van der Waals surface area contributed by atoms with Crippen LogP contribution >= 0.6 is 24.4 Å². The molecule has 0 aliphatic rings. The first-order valence-electron chi connectivity index (χ1n) is 4.86. The van der Waals surface area contributed by atoms with Gasteiger partial charge in [-0.1, -0.05) is 6.58 Å². The first-order chi connectivity index (χ1) is 7.20. The van der Waals surface area contributed by atoms with Crippen LogP contribution < -0.4 is 0 Å². The summed E-state index contributed by atoms with van der Waals surface area (Å²) in [6.07, 6.45) is 2.67. The molecule has 0 rings (SSSR count). The van der Waals surface area contributed by atoms with Crippen LogP contribution in [-0.2, 0) is 9.53 Å². The lowest BCUT2D eigenvalue weighted by atomic mass is 10.4. The monoisotopic (exact) mass is 250 g/mol. The van der Waals surface area contributed by atoms with E-state index in [0.717, 1.165) is 30.4 Å². The third kappa shape index (κ3) is 10.2. The number of rotatable bonds is 9. The van der Waals surface area contributed by atoms with Crippen molar-refractivity contribution in [2.75, 3.05) is 23.9 Å². The van der Waals surface area contributed by atoms with Gasteiger partial charge in [0.1, 0.15) is 0 Å². The van der Waals surface area contributed by atoms with E-state index in [9.17, 15) is 9.90 Å². The summed E-state index contributed by atoms with van der Waals surface area (Å²) >= 11 is 5.67. The predicted octanol–water partition coefficient (Wildman–Crippen LogP) is 1.52. The summed E-state index contributed by atoms with van der Waals surface area (Å²) in [6.45, 7) is 3.75. The molecular weight excluding hydrogens is 232 g/mol. The summed E-state index contributed by atoms with van der Waals surface area (Å²) in [5, 5.41) is 9.19. The molecule has 0 saturated heterocycles. The van der Waals surface area contributed by atoms with Crippen LogP contribution in [0.1, 0.15) is 12.8 Å². The van der Waals surface area contributed by atoms with Crippen LogP contribution in [0.4, 0.5) is 0 Å². The smallest absolute Gasteiger partial charge is 0.330 e. The highest BCUT2D eigenvalue weighted by Gasteiger charge is 2.00. The highest BCUT2D eigenvalue weighted by Crippen LogP contribution is 2.07. The molecule has 88 valence electrons. The Kier molecular flexibility index (Phi) is 10.3. The Bertz CT molecular complexity index is 186. The lowest BCUT2D eigenvalue weighted by Crippen LogP contribution is -2.11. The Balaban J connectivity index is 3.11. The highest BCUT2D eigenvalue weighted by atomic mass is 32.2. The maximum Gasteiger partial charge on any atom is 0.330 e. The maximum absolute atomic E-state index is 10.6. The Morgan fingerprint density at radius 1 is 1.60 bits per heavy atom. The second kappa shape index (κ2) is 10.4. The van der Waals surface area contributed by atoms with Gasteiger partial charge in [-0.15, -0.1) is 0 Å². The molecule has 0 amide bonds. The highest BCUT2D eigenvalue weighted by molar-refractivity contribution is 7.99. The molecule has 3 nitrogen and oxygen atoms in total. The van der Waals surface area contributed by atoms with Gasteiger partial charge >= 0.3 is 5.97 Å². The molecule has 5 heteroatoms. The number of esters is 1. The van der Waals surface area contributed by atoms with Crippen molar-refractivity contribution in [1.82, 2.24) is 0 Å². The number of thioether (sulfide) groups is 1. The zero-order valence-corrected chi connectivity index (χ0v) is 10.4. The molecule has 0 aliphatic heterocycles. The number of hydrogen-bond donors (Lipinski definition) is 2. The van der Waals surface area contributed by atoms with Gasteiger partial charge in [0.15, 0.2) is 0 Å². The van der Waals surface area contributed by atoms with Crippen LogP contribution in [-0.4, -0.2) is 41.0 Å². The third-order valence-electron chi connectivity index (χ3n) is 1.61. The Morgan fingerprint density at radius 3 is 2.93 bits per heavy atom. The van der Waals surface area contributed by atoms with Crippen LogP contribution in [0, 0.1) is 0 Å². The lowest BCUT2D eigenvalue weighted by molar-refractivity contribution is -0.137. The number of aliphatic hydroxyl groups excluding tert-OH is 1. The van der Waals surface area contributed by atoms with E-state index in [1.807, 2.05) is 0 Å². The van der Waals surface area contributed by atoms with E-state index >= 15 is 0 Å². The van der Waals surface area contributed by atoms with Gasteiger partial charge in [0.2, 0.25) is 0 Å². The van der Waals surface area contributed by atoms with Crippen molar-refractivity contribution in [1.29, 1.82) is 0 Å². The van der Waals surface area contributed by atoms with Gasteiger partial charge < -0.3 is 9.84 Å². The minimum absolute atomic E-state index is 0.322. The van der Waals surface area contributed by atoms with Crippen molar-refractivity contribution in [3.05, 3.63) is 12.7 Å². The fourth-order valence-electron chi connectivity index (χ4n) is 0.810. The summed E-state index contributed by atoms with van der Waals surface area (Å²) < 4.78 is 4.81. The predicted molar refractivity (Wildman–Crippen MR) is 67.6 cm³/mol. The maximum atomic E-state index is 10.6. The Morgan fingerprint density at radius 2 is 2.33 bits per heavy atom. The number of unbranched alkanes of at least 4 members (excludes halogenated alkanes) is 1. The summed E-state index contributed by atoms with van der Waals surface area (Å²) in [4.78, 5) is 10.6. The number of thiol groups is 1. The van der Waals surface area contributed by atoms with E-state index in [1.165, 1.54) is 0 Å². The van der Waals surface area contributed by atoms with Gasteiger partial charge in [-0.3, -0.25) is 0 Å². The first-order valence-corrected chi connectivity index (χ1v) is 6.65. The van der Waals surface area contributed by atoms with Crippen LogP contribution in [0.2, 0.25) is 0 Å². The van der Waals surface area contributed by atoms with Gasteiger partial charge in [0, 0.05) is 17.6 Å². The van der Waals surface area contributed by atoms with Crippen molar-refractivity contribution in [3.63, 3.8) is 0 Å². The van der Waals surface area contributed by atoms with Gasteiger partial charge in [-0.05, 0) is 18.6 Å². The third-order valence-corrected chi connectivity index (χ3v) is 3.23. The molecule has 0 aliphatic carbocycles. The molecule has 0 fully saturated rings. The van der Waals surface area contributed by atoms with Crippen LogP contribution in [0.15, 0.2) is 12.7 Å². The molecule has 1 N–H and O–H groups in total. The summed E-state index contributed by atoms with van der Waals surface area (Å²) in [7, 11) is 0. The van der Waals surface area contributed by atoms with Gasteiger partial charge in [0.05, 0.1) is 12.7 Å². The van der Waals surface area contributed by atoms with E-state index in [1.54, 1.807) is 11.8 Å². The first kappa shape index (κ1) is 14.9. The minimum atomic E-state index is -0.367. The molecule has 0 spiro atoms. The lowest BCUT2D eigenvalue weighted by Gasteiger charge is -2.06. The second-order valence-corrected chi connectivity index (χ2v) is 4.51. The fraction of sp³-hybridized carbons (Fsp3) is 0.700. The molecule has 0 heterocycles. The van der Waals surface area contributed by atoms with Crippen molar-refractivity contribution < 1.29 is 14.6 Å². The molecule has 15 heavy (non-hydrogen) atoms. The van der Waals surface area contributed by atoms with E-state index in [4.69, 9.17) is 4.74 Å². The van der Waals surface area contributed by atoms with Gasteiger partial charge in [-0.2, -0.15) is 24.4 Å². The molecule has 0 bridgehead atoms. The largest absolute Gasteiger partial charge is 0.463 e. The SMILES string of the molecule is C=CC(=O)OCCCCSCC(O)CS. The van der Waals surface area contributed by atoms with Gasteiger partial charge in [-0.25, -0.2) is 4.79 Å². The molecular formula is C10H18O3S2. The van der Waals surface area contributed by atoms with Crippen molar-refractivity contribution >= 4 is 30.4 Å². The summed E-state index contributed by atoms with van der Waals surface area (Å²) in [6, 6.07) is 0. The molecule has 1 atom stereocenters. The van der Waals surface area contributed by atoms with Crippen molar-refractivity contribution in [2.24, 2.45) is 0 Å². The molecule has 0 aromatic rings. The van der Waals surface area contributed by atoms with Gasteiger partial charge in [0.25, 0.3) is 0 Å². The van der Waals surface area contributed by atoms with Crippen LogP contribution in [0.25, 0.3) is 0 Å². The minimum Gasteiger partial charge on any atom is -0.463 e. The number of aliphatic hydroxyl groups is 1. The van der Waals surface area contributed by atoms with E-state index in [0.29, 0.717) is 12.4 Å². The van der Waals surface area contributed by atoms with Crippen molar-refractivity contribution in [2.45, 2.75) is 18.9 Å². The zero-order valence-electron chi connectivity index (χ0n) is 8.72. The topological polar surface area (TPSA) is 46.5 Å². The molecule has 0 aromatic carbocycles. The molecule has 1 unspecified atom stereocenters. The number of carbonyl (C=O) groups excluding carboxylic acids is 1. The van der Waals surface area contributed by atoms with E-state index in [-0.39, 0.29) is 12.1 Å². The van der Waals surface area contributed by atoms with E-state index < -0.39 is 0 Å². The number of hydrogen-bond acceptors (Lipinski definition) is 5. The second-order valence-electron chi connectivity index (χ2n) is 2.99. The Labute approximate surface area is 101 Å².